The lowest BCUT2D eigenvalue weighted by Crippen LogP contribution is -2.47. The van der Waals surface area contributed by atoms with Gasteiger partial charge in [0.1, 0.15) is 6.04 Å². The van der Waals surface area contributed by atoms with Crippen molar-refractivity contribution >= 4 is 17.3 Å². The van der Waals surface area contributed by atoms with Crippen molar-refractivity contribution in [2.75, 3.05) is 16.8 Å². The smallest absolute Gasteiger partial charge is 0.249 e. The van der Waals surface area contributed by atoms with E-state index < -0.39 is 11.6 Å². The second kappa shape index (κ2) is 4.92. The predicted octanol–water partition coefficient (Wildman–Crippen LogP) is 2.91. The van der Waals surface area contributed by atoms with Crippen LogP contribution in [0.25, 0.3) is 0 Å². The molecule has 18 heavy (non-hydrogen) atoms. The summed E-state index contributed by atoms with van der Waals surface area (Å²) < 4.78 is 26.5. The molecule has 98 valence electrons. The Hall–Kier alpha value is -1.65. The predicted molar refractivity (Wildman–Crippen MR) is 66.7 cm³/mol. The molecule has 1 aromatic carbocycles. The lowest BCUT2D eigenvalue weighted by molar-refractivity contribution is -0.119. The maximum Gasteiger partial charge on any atom is 0.249 e. The van der Waals surface area contributed by atoms with E-state index in [1.165, 1.54) is 4.90 Å². The van der Waals surface area contributed by atoms with Crippen molar-refractivity contribution in [3.05, 3.63) is 23.8 Å². The molecule has 5 heteroatoms. The minimum absolute atomic E-state index is 0.0853. The molecule has 1 aromatic rings. The van der Waals surface area contributed by atoms with Crippen molar-refractivity contribution in [1.82, 2.24) is 0 Å². The van der Waals surface area contributed by atoms with Crippen molar-refractivity contribution in [3.63, 3.8) is 0 Å². The number of anilines is 2. The Balaban J connectivity index is 2.48. The Kier molecular flexibility index (Phi) is 3.50. The Labute approximate surface area is 105 Å². The number of benzene rings is 1. The fourth-order valence-corrected chi connectivity index (χ4v) is 2.16. The van der Waals surface area contributed by atoms with Crippen LogP contribution in [0.15, 0.2) is 12.1 Å². The van der Waals surface area contributed by atoms with Crippen LogP contribution in [-0.4, -0.2) is 18.5 Å². The van der Waals surface area contributed by atoms with Gasteiger partial charge in [-0.25, -0.2) is 8.78 Å². The van der Waals surface area contributed by atoms with Crippen molar-refractivity contribution in [1.29, 1.82) is 0 Å². The quantitative estimate of drug-likeness (QED) is 0.899. The van der Waals surface area contributed by atoms with E-state index in [9.17, 15) is 13.6 Å². The summed E-state index contributed by atoms with van der Waals surface area (Å²) in [6.45, 7) is 4.33. The summed E-state index contributed by atoms with van der Waals surface area (Å²) in [5.74, 6) is -1.92. The van der Waals surface area contributed by atoms with Gasteiger partial charge < -0.3 is 10.2 Å². The van der Waals surface area contributed by atoms with Gasteiger partial charge in [0.25, 0.3) is 0 Å². The SMILES string of the molecule is CCCN1C(=O)C(CC)Nc2cc(F)c(F)cc21. The number of rotatable bonds is 3. The van der Waals surface area contributed by atoms with Gasteiger partial charge in [0, 0.05) is 18.7 Å². The van der Waals surface area contributed by atoms with E-state index in [-0.39, 0.29) is 11.9 Å². The van der Waals surface area contributed by atoms with E-state index in [1.807, 2.05) is 13.8 Å². The molecular weight excluding hydrogens is 238 g/mol. The number of hydrogen-bond donors (Lipinski definition) is 1. The van der Waals surface area contributed by atoms with Gasteiger partial charge in [-0.05, 0) is 12.8 Å². The van der Waals surface area contributed by atoms with Crippen LogP contribution in [0.3, 0.4) is 0 Å². The van der Waals surface area contributed by atoms with Gasteiger partial charge in [0.05, 0.1) is 11.4 Å². The molecule has 0 aromatic heterocycles. The molecule has 0 saturated heterocycles. The van der Waals surface area contributed by atoms with E-state index >= 15 is 0 Å². The van der Waals surface area contributed by atoms with Crippen molar-refractivity contribution in [2.24, 2.45) is 0 Å². The second-order valence-corrected chi connectivity index (χ2v) is 4.38. The summed E-state index contributed by atoms with van der Waals surface area (Å²) in [4.78, 5) is 13.7. The largest absolute Gasteiger partial charge is 0.372 e. The highest BCUT2D eigenvalue weighted by Gasteiger charge is 2.31. The number of hydrogen-bond acceptors (Lipinski definition) is 2. The number of carbonyl (C=O) groups excluding carboxylic acids is 1. The summed E-state index contributed by atoms with van der Waals surface area (Å²) in [6.07, 6.45) is 1.37. The maximum atomic E-state index is 13.3. The number of amides is 1. The van der Waals surface area contributed by atoms with E-state index in [1.54, 1.807) is 0 Å². The Bertz CT molecular complexity index is 476. The van der Waals surface area contributed by atoms with Gasteiger partial charge in [0.15, 0.2) is 11.6 Å². The normalized spacial score (nSPS) is 18.6. The molecule has 0 saturated carbocycles. The fraction of sp³-hybridized carbons (Fsp3) is 0.462. The zero-order valence-corrected chi connectivity index (χ0v) is 10.5. The summed E-state index contributed by atoms with van der Waals surface area (Å²) in [7, 11) is 0. The standard InChI is InChI=1S/C13H16F2N2O/c1-3-5-17-12-7-9(15)8(14)6-11(12)16-10(4-2)13(17)18/h6-7,10,16H,3-5H2,1-2H3. The number of nitrogens with one attached hydrogen (secondary N) is 1. The summed E-state index contributed by atoms with van der Waals surface area (Å²) in [6, 6.07) is 1.83. The Morgan fingerprint density at radius 3 is 2.56 bits per heavy atom. The number of nitrogens with zero attached hydrogens (tertiary/aromatic N) is 1. The van der Waals surface area contributed by atoms with Gasteiger partial charge in [0.2, 0.25) is 5.91 Å². The molecule has 1 N–H and O–H groups in total. The van der Waals surface area contributed by atoms with Crippen molar-refractivity contribution in [2.45, 2.75) is 32.7 Å². The lowest BCUT2D eigenvalue weighted by atomic mass is 10.1. The first kappa shape index (κ1) is 12.8. The number of halogens is 2. The molecule has 0 spiro atoms. The highest BCUT2D eigenvalue weighted by atomic mass is 19.2. The van der Waals surface area contributed by atoms with E-state index in [4.69, 9.17) is 0 Å². The third-order valence-electron chi connectivity index (χ3n) is 3.08. The molecule has 1 atom stereocenters. The molecule has 1 amide bonds. The zero-order valence-electron chi connectivity index (χ0n) is 10.5. The van der Waals surface area contributed by atoms with Crippen molar-refractivity contribution < 1.29 is 13.6 Å². The molecule has 3 nitrogen and oxygen atoms in total. The van der Waals surface area contributed by atoms with Crippen LogP contribution in [0, 0.1) is 11.6 Å². The molecule has 1 unspecified atom stereocenters. The zero-order chi connectivity index (χ0) is 13.3. The van der Waals surface area contributed by atoms with Crippen LogP contribution >= 0.6 is 0 Å². The first-order valence-electron chi connectivity index (χ1n) is 6.15. The maximum absolute atomic E-state index is 13.3. The number of carbonyl (C=O) groups is 1. The molecule has 0 radical (unpaired) electrons. The topological polar surface area (TPSA) is 32.3 Å². The van der Waals surface area contributed by atoms with Gasteiger partial charge in [-0.3, -0.25) is 4.79 Å². The minimum atomic E-state index is -0.931. The van der Waals surface area contributed by atoms with Gasteiger partial charge in [-0.2, -0.15) is 0 Å². The highest BCUT2D eigenvalue weighted by Crippen LogP contribution is 2.34. The van der Waals surface area contributed by atoms with E-state index in [2.05, 4.69) is 5.32 Å². The summed E-state index contributed by atoms with van der Waals surface area (Å²) >= 11 is 0. The van der Waals surface area contributed by atoms with E-state index in [0.29, 0.717) is 24.3 Å². The monoisotopic (exact) mass is 254 g/mol. The first-order chi connectivity index (χ1) is 8.58. The van der Waals surface area contributed by atoms with Crippen LogP contribution in [-0.2, 0) is 4.79 Å². The molecule has 1 aliphatic heterocycles. The average molecular weight is 254 g/mol. The van der Waals surface area contributed by atoms with Crippen LogP contribution in [0.4, 0.5) is 20.2 Å². The average Bonchev–Trinajstić information content (AvgIpc) is 2.35. The Morgan fingerprint density at radius 1 is 1.28 bits per heavy atom. The van der Waals surface area contributed by atoms with Gasteiger partial charge in [-0.1, -0.05) is 13.8 Å². The fourth-order valence-electron chi connectivity index (χ4n) is 2.16. The van der Waals surface area contributed by atoms with Crippen LogP contribution in [0.1, 0.15) is 26.7 Å². The third kappa shape index (κ3) is 2.05. The van der Waals surface area contributed by atoms with Gasteiger partial charge in [-0.15, -0.1) is 0 Å². The summed E-state index contributed by atoms with van der Waals surface area (Å²) in [5, 5.41) is 2.95. The molecule has 0 fully saturated rings. The molecular formula is C13H16F2N2O. The van der Waals surface area contributed by atoms with Crippen LogP contribution in [0.2, 0.25) is 0 Å². The third-order valence-corrected chi connectivity index (χ3v) is 3.08. The molecule has 0 aliphatic carbocycles. The first-order valence-corrected chi connectivity index (χ1v) is 6.15. The molecule has 1 heterocycles. The lowest BCUT2D eigenvalue weighted by Gasteiger charge is -2.35. The minimum Gasteiger partial charge on any atom is -0.372 e. The van der Waals surface area contributed by atoms with Crippen molar-refractivity contribution in [3.8, 4) is 0 Å². The Morgan fingerprint density at radius 2 is 1.94 bits per heavy atom. The highest BCUT2D eigenvalue weighted by molar-refractivity contribution is 6.04. The second-order valence-electron chi connectivity index (χ2n) is 4.38. The summed E-state index contributed by atoms with van der Waals surface area (Å²) in [5.41, 5.74) is 0.902. The molecule has 2 rings (SSSR count). The molecule has 1 aliphatic rings. The van der Waals surface area contributed by atoms with Crippen LogP contribution < -0.4 is 10.2 Å². The number of fused-ring (bicyclic) bond motifs is 1. The van der Waals surface area contributed by atoms with Crippen LogP contribution in [0.5, 0.6) is 0 Å². The van der Waals surface area contributed by atoms with E-state index in [0.717, 1.165) is 18.6 Å². The molecule has 0 bridgehead atoms. The van der Waals surface area contributed by atoms with Gasteiger partial charge >= 0.3 is 0 Å².